The van der Waals surface area contributed by atoms with E-state index in [1.54, 1.807) is 4.90 Å². The summed E-state index contributed by atoms with van der Waals surface area (Å²) in [4.78, 5) is 25.6. The maximum Gasteiger partial charge on any atom is 0.246 e. The van der Waals surface area contributed by atoms with Crippen LogP contribution in [0.4, 0.5) is 0 Å². The van der Waals surface area contributed by atoms with Crippen molar-refractivity contribution in [2.75, 3.05) is 6.54 Å². The Hall–Kier alpha value is -1.06. The van der Waals surface area contributed by atoms with Crippen molar-refractivity contribution in [3.8, 4) is 0 Å². The highest BCUT2D eigenvalue weighted by atomic mass is 16.2. The predicted molar refractivity (Wildman–Crippen MR) is 67.5 cm³/mol. The Morgan fingerprint density at radius 1 is 1.35 bits per heavy atom. The largest absolute Gasteiger partial charge is 0.343 e. The molecule has 2 atom stereocenters. The fourth-order valence-corrected chi connectivity index (χ4v) is 2.17. The van der Waals surface area contributed by atoms with E-state index < -0.39 is 0 Å². The monoisotopic (exact) mass is 240 g/mol. The molecule has 0 radical (unpaired) electrons. The zero-order valence-corrected chi connectivity index (χ0v) is 11.3. The summed E-state index contributed by atoms with van der Waals surface area (Å²) < 4.78 is 0. The van der Waals surface area contributed by atoms with Crippen LogP contribution in [0.3, 0.4) is 0 Å². The first kappa shape index (κ1) is 14.0. The van der Waals surface area contributed by atoms with E-state index in [-0.39, 0.29) is 36.4 Å². The molecule has 1 fully saturated rings. The summed E-state index contributed by atoms with van der Waals surface area (Å²) in [5.41, 5.74) is 0. The standard InChI is InChI=1S/C13H24N2O2/c1-5-6-7-10(4)15-8-11(16)14-12(9(2)3)13(15)17/h9-10,12H,5-8H2,1-4H3,(H,14,16). The molecule has 1 aliphatic heterocycles. The minimum absolute atomic E-state index is 0.0355. The molecule has 1 heterocycles. The van der Waals surface area contributed by atoms with E-state index in [1.165, 1.54) is 0 Å². The highest BCUT2D eigenvalue weighted by Gasteiger charge is 2.36. The maximum absolute atomic E-state index is 12.2. The van der Waals surface area contributed by atoms with Crippen molar-refractivity contribution in [3.63, 3.8) is 0 Å². The summed E-state index contributed by atoms with van der Waals surface area (Å²) in [5, 5.41) is 2.78. The fraction of sp³-hybridized carbons (Fsp3) is 0.846. The number of amides is 2. The molecule has 1 aliphatic rings. The van der Waals surface area contributed by atoms with Gasteiger partial charge in [0.05, 0.1) is 6.54 Å². The smallest absolute Gasteiger partial charge is 0.246 e. The molecule has 2 unspecified atom stereocenters. The lowest BCUT2D eigenvalue weighted by Gasteiger charge is -2.38. The van der Waals surface area contributed by atoms with Gasteiger partial charge in [-0.05, 0) is 19.3 Å². The number of hydrogen-bond acceptors (Lipinski definition) is 2. The number of carbonyl (C=O) groups excluding carboxylic acids is 2. The lowest BCUT2D eigenvalue weighted by atomic mass is 9.98. The maximum atomic E-state index is 12.2. The van der Waals surface area contributed by atoms with E-state index in [0.29, 0.717) is 0 Å². The fourth-order valence-electron chi connectivity index (χ4n) is 2.17. The third kappa shape index (κ3) is 3.45. The summed E-state index contributed by atoms with van der Waals surface area (Å²) >= 11 is 0. The molecule has 98 valence electrons. The number of nitrogens with zero attached hydrogens (tertiary/aromatic N) is 1. The SMILES string of the molecule is CCCCC(C)N1CC(=O)NC(C(C)C)C1=O. The van der Waals surface area contributed by atoms with E-state index in [1.807, 2.05) is 20.8 Å². The molecule has 0 aromatic heterocycles. The Morgan fingerprint density at radius 2 is 2.00 bits per heavy atom. The lowest BCUT2D eigenvalue weighted by molar-refractivity contribution is -0.147. The van der Waals surface area contributed by atoms with Gasteiger partial charge in [-0.3, -0.25) is 9.59 Å². The van der Waals surface area contributed by atoms with Gasteiger partial charge in [-0.25, -0.2) is 0 Å². The van der Waals surface area contributed by atoms with Crippen molar-refractivity contribution in [2.45, 2.75) is 59.0 Å². The first-order valence-corrected chi connectivity index (χ1v) is 6.57. The van der Waals surface area contributed by atoms with E-state index in [9.17, 15) is 9.59 Å². The molecule has 4 heteroatoms. The van der Waals surface area contributed by atoms with E-state index >= 15 is 0 Å². The molecule has 17 heavy (non-hydrogen) atoms. The van der Waals surface area contributed by atoms with Crippen LogP contribution in [0.2, 0.25) is 0 Å². The summed E-state index contributed by atoms with van der Waals surface area (Å²) in [6.07, 6.45) is 3.19. The van der Waals surface area contributed by atoms with Crippen molar-refractivity contribution >= 4 is 11.8 Å². The van der Waals surface area contributed by atoms with Crippen LogP contribution in [-0.4, -0.2) is 35.3 Å². The Labute approximate surface area is 104 Å². The Kier molecular flexibility index (Phi) is 4.97. The zero-order chi connectivity index (χ0) is 13.0. The van der Waals surface area contributed by atoms with Gasteiger partial charge < -0.3 is 10.2 Å². The molecule has 4 nitrogen and oxygen atoms in total. The zero-order valence-electron chi connectivity index (χ0n) is 11.3. The Bertz CT molecular complexity index is 289. The molecule has 0 spiro atoms. The van der Waals surface area contributed by atoms with Gasteiger partial charge in [0.25, 0.3) is 0 Å². The normalized spacial score (nSPS) is 22.9. The van der Waals surface area contributed by atoms with Crippen LogP contribution in [-0.2, 0) is 9.59 Å². The second-order valence-electron chi connectivity index (χ2n) is 5.25. The number of rotatable bonds is 5. The number of piperazine rings is 1. The molecule has 0 aliphatic carbocycles. The topological polar surface area (TPSA) is 49.4 Å². The van der Waals surface area contributed by atoms with Crippen molar-refractivity contribution in [1.29, 1.82) is 0 Å². The van der Waals surface area contributed by atoms with Gasteiger partial charge in [0.2, 0.25) is 11.8 Å². The number of carbonyl (C=O) groups is 2. The molecule has 0 saturated carbocycles. The van der Waals surface area contributed by atoms with Crippen LogP contribution in [0.15, 0.2) is 0 Å². The van der Waals surface area contributed by atoms with E-state index in [2.05, 4.69) is 12.2 Å². The van der Waals surface area contributed by atoms with Gasteiger partial charge in [0, 0.05) is 6.04 Å². The van der Waals surface area contributed by atoms with Crippen LogP contribution in [0.1, 0.15) is 47.0 Å². The highest BCUT2D eigenvalue weighted by molar-refractivity contribution is 5.95. The Balaban J connectivity index is 2.70. The van der Waals surface area contributed by atoms with Crippen LogP contribution in [0.5, 0.6) is 0 Å². The van der Waals surface area contributed by atoms with Crippen LogP contribution in [0, 0.1) is 5.92 Å². The van der Waals surface area contributed by atoms with Crippen molar-refractivity contribution < 1.29 is 9.59 Å². The number of hydrogen-bond donors (Lipinski definition) is 1. The quantitative estimate of drug-likeness (QED) is 0.792. The van der Waals surface area contributed by atoms with Crippen LogP contribution < -0.4 is 5.32 Å². The molecule has 0 aromatic rings. The molecule has 0 bridgehead atoms. The molecular formula is C13H24N2O2. The van der Waals surface area contributed by atoms with E-state index in [0.717, 1.165) is 19.3 Å². The van der Waals surface area contributed by atoms with Crippen LogP contribution >= 0.6 is 0 Å². The predicted octanol–water partition coefficient (Wildman–Crippen LogP) is 1.55. The molecule has 1 N–H and O–H groups in total. The molecular weight excluding hydrogens is 216 g/mol. The van der Waals surface area contributed by atoms with Gasteiger partial charge in [-0.1, -0.05) is 33.6 Å². The third-order valence-corrected chi connectivity index (χ3v) is 3.35. The molecule has 2 amide bonds. The van der Waals surface area contributed by atoms with Gasteiger partial charge in [-0.15, -0.1) is 0 Å². The number of unbranched alkanes of at least 4 members (excludes halogenated alkanes) is 1. The highest BCUT2D eigenvalue weighted by Crippen LogP contribution is 2.16. The molecule has 1 rings (SSSR count). The summed E-state index contributed by atoms with van der Waals surface area (Å²) in [5.74, 6) is 0.183. The van der Waals surface area contributed by atoms with Crippen molar-refractivity contribution in [3.05, 3.63) is 0 Å². The van der Waals surface area contributed by atoms with Gasteiger partial charge in [0.1, 0.15) is 6.04 Å². The minimum atomic E-state index is -0.347. The van der Waals surface area contributed by atoms with E-state index in [4.69, 9.17) is 0 Å². The summed E-state index contributed by atoms with van der Waals surface area (Å²) in [7, 11) is 0. The first-order valence-electron chi connectivity index (χ1n) is 6.57. The van der Waals surface area contributed by atoms with Crippen LogP contribution in [0.25, 0.3) is 0 Å². The summed E-state index contributed by atoms with van der Waals surface area (Å²) in [6, 6.07) is -0.185. The molecule has 1 saturated heterocycles. The van der Waals surface area contributed by atoms with Gasteiger partial charge >= 0.3 is 0 Å². The second kappa shape index (κ2) is 6.03. The first-order chi connectivity index (χ1) is 7.97. The van der Waals surface area contributed by atoms with Crippen molar-refractivity contribution in [1.82, 2.24) is 10.2 Å². The number of nitrogens with one attached hydrogen (secondary N) is 1. The van der Waals surface area contributed by atoms with Crippen molar-refractivity contribution in [2.24, 2.45) is 5.92 Å². The summed E-state index contributed by atoms with van der Waals surface area (Å²) in [6.45, 7) is 8.30. The van der Waals surface area contributed by atoms with Gasteiger partial charge in [0.15, 0.2) is 0 Å². The Morgan fingerprint density at radius 3 is 2.53 bits per heavy atom. The molecule has 0 aromatic carbocycles. The second-order valence-corrected chi connectivity index (χ2v) is 5.25. The average Bonchev–Trinajstić information content (AvgIpc) is 2.28. The minimum Gasteiger partial charge on any atom is -0.343 e. The average molecular weight is 240 g/mol. The lowest BCUT2D eigenvalue weighted by Crippen LogP contribution is -2.61. The third-order valence-electron chi connectivity index (χ3n) is 3.35. The van der Waals surface area contributed by atoms with Gasteiger partial charge in [-0.2, -0.15) is 0 Å².